The van der Waals surface area contributed by atoms with Gasteiger partial charge in [-0.1, -0.05) is 25.8 Å². The lowest BCUT2D eigenvalue weighted by atomic mass is 10.1. The average Bonchev–Trinajstić information content (AvgIpc) is 3.32. The summed E-state index contributed by atoms with van der Waals surface area (Å²) in [5, 5.41) is 32.3. The number of benzene rings is 1. The molecule has 0 amide bonds. The SMILES string of the molecule is CCCOC(=O)c1ccc(CCCOCCCCCCNCC(O)c2ccc(O)c(CO)c2)s1. The zero-order chi connectivity index (χ0) is 24.6. The molecule has 0 aliphatic heterocycles. The molecule has 0 aliphatic rings. The summed E-state index contributed by atoms with van der Waals surface area (Å²) < 4.78 is 10.9. The van der Waals surface area contributed by atoms with Crippen molar-refractivity contribution in [1.82, 2.24) is 5.32 Å². The average molecular weight is 494 g/mol. The van der Waals surface area contributed by atoms with Gasteiger partial charge >= 0.3 is 5.97 Å². The Morgan fingerprint density at radius 2 is 1.85 bits per heavy atom. The summed E-state index contributed by atoms with van der Waals surface area (Å²) in [6.45, 7) is 4.95. The van der Waals surface area contributed by atoms with Crippen LogP contribution in [-0.4, -0.2) is 54.2 Å². The van der Waals surface area contributed by atoms with Gasteiger partial charge in [-0.05, 0) is 68.5 Å². The van der Waals surface area contributed by atoms with Crippen molar-refractivity contribution in [3.05, 3.63) is 51.2 Å². The number of aliphatic hydroxyl groups excluding tert-OH is 2. The quantitative estimate of drug-likeness (QED) is 0.181. The van der Waals surface area contributed by atoms with Crippen molar-refractivity contribution in [2.45, 2.75) is 64.6 Å². The molecule has 0 aliphatic carbocycles. The number of hydrogen-bond donors (Lipinski definition) is 4. The zero-order valence-corrected chi connectivity index (χ0v) is 20.9. The van der Waals surface area contributed by atoms with Gasteiger partial charge in [0, 0.05) is 30.2 Å². The van der Waals surface area contributed by atoms with Crippen LogP contribution in [0.15, 0.2) is 30.3 Å². The molecule has 1 unspecified atom stereocenters. The van der Waals surface area contributed by atoms with Gasteiger partial charge in [-0.2, -0.15) is 0 Å². The fourth-order valence-electron chi connectivity index (χ4n) is 3.44. The molecule has 1 aromatic heterocycles. The smallest absolute Gasteiger partial charge is 0.348 e. The molecule has 0 spiro atoms. The molecule has 0 fully saturated rings. The van der Waals surface area contributed by atoms with Crippen LogP contribution in [0.1, 0.15) is 77.2 Å². The number of phenols is 1. The largest absolute Gasteiger partial charge is 0.508 e. The van der Waals surface area contributed by atoms with Crippen LogP contribution in [0.25, 0.3) is 0 Å². The molecule has 8 heteroatoms. The van der Waals surface area contributed by atoms with Crippen LogP contribution in [0, 0.1) is 0 Å². The lowest BCUT2D eigenvalue weighted by Crippen LogP contribution is -2.22. The topological polar surface area (TPSA) is 108 Å². The number of thiophene rings is 1. The van der Waals surface area contributed by atoms with Crippen molar-refractivity contribution < 1.29 is 29.6 Å². The van der Waals surface area contributed by atoms with E-state index >= 15 is 0 Å². The standard InChI is InChI=1S/C26H39NO6S/c1-2-14-33-26(31)25-12-10-22(34-25)8-7-16-32-15-6-4-3-5-13-27-18-24(30)20-9-11-23(29)21(17-20)19-28/h9-12,17,24,27-30H,2-8,13-16,18-19H2,1H3. The number of rotatable bonds is 18. The fraction of sp³-hybridized carbons (Fsp3) is 0.577. The van der Waals surface area contributed by atoms with Gasteiger partial charge in [-0.15, -0.1) is 11.3 Å². The van der Waals surface area contributed by atoms with E-state index in [0.29, 0.717) is 29.2 Å². The van der Waals surface area contributed by atoms with E-state index < -0.39 is 6.10 Å². The minimum atomic E-state index is -0.671. The van der Waals surface area contributed by atoms with Crippen LogP contribution in [0.3, 0.4) is 0 Å². The molecule has 1 aromatic carbocycles. The number of ether oxygens (including phenoxy) is 2. The highest BCUT2D eigenvalue weighted by Gasteiger charge is 2.11. The molecule has 2 rings (SSSR count). The molecule has 1 heterocycles. The summed E-state index contributed by atoms with van der Waals surface area (Å²) in [5.41, 5.74) is 1.10. The summed E-state index contributed by atoms with van der Waals surface area (Å²) >= 11 is 1.50. The molecule has 1 atom stereocenters. The van der Waals surface area contributed by atoms with Crippen molar-refractivity contribution in [2.24, 2.45) is 0 Å². The van der Waals surface area contributed by atoms with Crippen molar-refractivity contribution in [3.8, 4) is 5.75 Å². The second kappa shape index (κ2) is 16.6. The van der Waals surface area contributed by atoms with E-state index in [2.05, 4.69) is 5.32 Å². The Morgan fingerprint density at radius 3 is 2.65 bits per heavy atom. The molecule has 0 bridgehead atoms. The van der Waals surface area contributed by atoms with Gasteiger partial charge in [0.15, 0.2) is 0 Å². The van der Waals surface area contributed by atoms with E-state index in [4.69, 9.17) is 9.47 Å². The highest BCUT2D eigenvalue weighted by Crippen LogP contribution is 2.22. The predicted molar refractivity (Wildman–Crippen MR) is 134 cm³/mol. The summed E-state index contributed by atoms with van der Waals surface area (Å²) in [7, 11) is 0. The number of nitrogens with one attached hydrogen (secondary N) is 1. The first kappa shape index (κ1) is 28.3. The normalized spacial score (nSPS) is 12.1. The van der Waals surface area contributed by atoms with Gasteiger partial charge in [0.25, 0.3) is 0 Å². The molecule has 2 aromatic rings. The Balaban J connectivity index is 1.42. The van der Waals surface area contributed by atoms with E-state index in [9.17, 15) is 20.1 Å². The van der Waals surface area contributed by atoms with Gasteiger partial charge in [-0.3, -0.25) is 0 Å². The van der Waals surface area contributed by atoms with Gasteiger partial charge in [0.05, 0.1) is 19.3 Å². The van der Waals surface area contributed by atoms with Crippen LogP contribution in [-0.2, 0) is 22.5 Å². The number of carbonyl (C=O) groups is 1. The van der Waals surface area contributed by atoms with E-state index in [1.54, 1.807) is 12.1 Å². The maximum absolute atomic E-state index is 11.8. The monoisotopic (exact) mass is 493 g/mol. The van der Waals surface area contributed by atoms with Crippen LogP contribution in [0.4, 0.5) is 0 Å². The number of carbonyl (C=O) groups excluding carboxylic acids is 1. The van der Waals surface area contributed by atoms with Crippen molar-refractivity contribution >= 4 is 17.3 Å². The maximum atomic E-state index is 11.8. The highest BCUT2D eigenvalue weighted by atomic mass is 32.1. The number of aromatic hydroxyl groups is 1. The first-order valence-electron chi connectivity index (χ1n) is 12.2. The van der Waals surface area contributed by atoms with Crippen molar-refractivity contribution in [1.29, 1.82) is 0 Å². The second-order valence-corrected chi connectivity index (χ2v) is 9.47. The minimum Gasteiger partial charge on any atom is -0.508 e. The van der Waals surface area contributed by atoms with Gasteiger partial charge in [-0.25, -0.2) is 4.79 Å². The van der Waals surface area contributed by atoms with Crippen LogP contribution >= 0.6 is 11.3 Å². The minimum absolute atomic E-state index is 0.0397. The third kappa shape index (κ3) is 10.5. The van der Waals surface area contributed by atoms with Gasteiger partial charge < -0.3 is 30.1 Å². The molecule has 0 saturated carbocycles. The Morgan fingerprint density at radius 1 is 1.06 bits per heavy atom. The van der Waals surface area contributed by atoms with E-state index in [-0.39, 0.29) is 18.3 Å². The molecule has 4 N–H and O–H groups in total. The third-order valence-corrected chi connectivity index (χ3v) is 6.53. The number of unbranched alkanes of at least 4 members (excludes halogenated alkanes) is 3. The predicted octanol–water partition coefficient (Wildman–Crippen LogP) is 4.35. The molecule has 7 nitrogen and oxygen atoms in total. The number of esters is 1. The van der Waals surface area contributed by atoms with E-state index in [1.807, 2.05) is 19.1 Å². The summed E-state index contributed by atoms with van der Waals surface area (Å²) in [5.74, 6) is -0.187. The highest BCUT2D eigenvalue weighted by molar-refractivity contribution is 7.13. The molecule has 0 radical (unpaired) electrons. The first-order chi connectivity index (χ1) is 16.5. The lowest BCUT2D eigenvalue weighted by Gasteiger charge is -2.14. The number of hydrogen-bond acceptors (Lipinski definition) is 8. The Hall–Kier alpha value is -1.97. The fourth-order valence-corrected chi connectivity index (χ4v) is 4.39. The zero-order valence-electron chi connectivity index (χ0n) is 20.1. The second-order valence-electron chi connectivity index (χ2n) is 8.30. The van der Waals surface area contributed by atoms with Crippen LogP contribution in [0.2, 0.25) is 0 Å². The summed E-state index contributed by atoms with van der Waals surface area (Å²) in [6, 6.07) is 8.64. The Kier molecular flexibility index (Phi) is 13.8. The Labute approximate surface area is 206 Å². The number of aryl methyl sites for hydroxylation is 1. The van der Waals surface area contributed by atoms with Crippen molar-refractivity contribution in [3.63, 3.8) is 0 Å². The molecule has 34 heavy (non-hydrogen) atoms. The van der Waals surface area contributed by atoms with Crippen molar-refractivity contribution in [2.75, 3.05) is 32.9 Å². The molecular formula is C26H39NO6S. The number of aliphatic hydroxyl groups is 2. The lowest BCUT2D eigenvalue weighted by molar-refractivity contribution is 0.0511. The van der Waals surface area contributed by atoms with Crippen LogP contribution in [0.5, 0.6) is 5.75 Å². The summed E-state index contributed by atoms with van der Waals surface area (Å²) in [6.07, 6.45) is 6.29. The Bertz CT molecular complexity index is 840. The maximum Gasteiger partial charge on any atom is 0.348 e. The third-order valence-electron chi connectivity index (χ3n) is 5.40. The molecule has 0 saturated heterocycles. The van der Waals surface area contributed by atoms with E-state index in [0.717, 1.165) is 64.7 Å². The van der Waals surface area contributed by atoms with Crippen LogP contribution < -0.4 is 5.32 Å². The first-order valence-corrected chi connectivity index (χ1v) is 13.0. The summed E-state index contributed by atoms with van der Waals surface area (Å²) in [4.78, 5) is 13.7. The molecular weight excluding hydrogens is 454 g/mol. The molecule has 190 valence electrons. The van der Waals surface area contributed by atoms with Gasteiger partial charge in [0.1, 0.15) is 10.6 Å². The van der Waals surface area contributed by atoms with E-state index in [1.165, 1.54) is 22.3 Å². The van der Waals surface area contributed by atoms with Gasteiger partial charge in [0.2, 0.25) is 0 Å².